The Balaban J connectivity index is 2.97. The lowest BCUT2D eigenvalue weighted by atomic mass is 9.94. The standard InChI is InChI=1S/C23H42N4O5/c1-7-14(5)18(21(29)25-17(23(31)32)12-13(3)4)27-22(30)19(15(6)8-2)26-20(28)16-10-9-11-24-16/h13-19,24H,7-12H2,1-6H3,(H,25,29)(H,26,28)(H,27,30)(H,31,32). The summed E-state index contributed by atoms with van der Waals surface area (Å²) in [5, 5.41) is 20.8. The third-order valence-corrected chi connectivity index (χ3v) is 6.28. The van der Waals surface area contributed by atoms with E-state index in [-0.39, 0.29) is 29.7 Å². The number of carbonyl (C=O) groups is 4. The number of hydrogen-bond donors (Lipinski definition) is 5. The minimum absolute atomic E-state index is 0.0854. The van der Waals surface area contributed by atoms with Gasteiger partial charge in [-0.1, -0.05) is 54.4 Å². The molecule has 0 aliphatic carbocycles. The second kappa shape index (κ2) is 13.4. The van der Waals surface area contributed by atoms with Gasteiger partial charge in [0.15, 0.2) is 0 Å². The van der Waals surface area contributed by atoms with Crippen LogP contribution in [0.2, 0.25) is 0 Å². The fourth-order valence-electron chi connectivity index (χ4n) is 3.76. The van der Waals surface area contributed by atoms with Crippen molar-refractivity contribution < 1.29 is 24.3 Å². The van der Waals surface area contributed by atoms with Crippen LogP contribution in [0.5, 0.6) is 0 Å². The van der Waals surface area contributed by atoms with Gasteiger partial charge in [-0.3, -0.25) is 14.4 Å². The van der Waals surface area contributed by atoms with Crippen molar-refractivity contribution in [2.24, 2.45) is 17.8 Å². The van der Waals surface area contributed by atoms with Gasteiger partial charge in [0, 0.05) is 0 Å². The van der Waals surface area contributed by atoms with Crippen LogP contribution in [0.25, 0.3) is 0 Å². The Kier molecular flexibility index (Phi) is 11.7. The third kappa shape index (κ3) is 8.41. The number of hydrogen-bond acceptors (Lipinski definition) is 5. The van der Waals surface area contributed by atoms with E-state index < -0.39 is 35.9 Å². The predicted octanol–water partition coefficient (Wildman–Crippen LogP) is 1.42. The molecule has 0 aromatic rings. The molecule has 3 amide bonds. The molecular weight excluding hydrogens is 412 g/mol. The van der Waals surface area contributed by atoms with Crippen LogP contribution >= 0.6 is 0 Å². The van der Waals surface area contributed by atoms with Crippen molar-refractivity contribution in [3.05, 3.63) is 0 Å². The Morgan fingerprint density at radius 1 is 0.906 bits per heavy atom. The number of aliphatic carboxylic acids is 1. The molecule has 0 bridgehead atoms. The summed E-state index contributed by atoms with van der Waals surface area (Å²) in [5.74, 6) is -2.52. The van der Waals surface area contributed by atoms with Crippen molar-refractivity contribution in [2.75, 3.05) is 6.54 Å². The zero-order chi connectivity index (χ0) is 24.4. The van der Waals surface area contributed by atoms with Gasteiger partial charge in [0.05, 0.1) is 6.04 Å². The first kappa shape index (κ1) is 27.9. The number of carboxylic acids is 1. The minimum Gasteiger partial charge on any atom is -0.480 e. The topological polar surface area (TPSA) is 137 Å². The second-order valence-electron chi connectivity index (χ2n) is 9.42. The predicted molar refractivity (Wildman–Crippen MR) is 123 cm³/mol. The van der Waals surface area contributed by atoms with Crippen LogP contribution in [0.15, 0.2) is 0 Å². The molecule has 6 unspecified atom stereocenters. The molecule has 5 N–H and O–H groups in total. The first-order chi connectivity index (χ1) is 15.0. The van der Waals surface area contributed by atoms with Gasteiger partial charge in [0.2, 0.25) is 17.7 Å². The first-order valence-corrected chi connectivity index (χ1v) is 11.9. The summed E-state index contributed by atoms with van der Waals surface area (Å²) in [6.45, 7) is 12.1. The fraction of sp³-hybridized carbons (Fsp3) is 0.826. The molecule has 1 saturated heterocycles. The van der Waals surface area contributed by atoms with Crippen LogP contribution in [-0.2, 0) is 19.2 Å². The summed E-state index contributed by atoms with van der Waals surface area (Å²) in [7, 11) is 0. The highest BCUT2D eigenvalue weighted by molar-refractivity contribution is 5.94. The zero-order valence-electron chi connectivity index (χ0n) is 20.4. The van der Waals surface area contributed by atoms with Gasteiger partial charge in [-0.15, -0.1) is 0 Å². The average molecular weight is 455 g/mol. The highest BCUT2D eigenvalue weighted by Gasteiger charge is 2.35. The molecule has 9 nitrogen and oxygen atoms in total. The maximum Gasteiger partial charge on any atom is 0.326 e. The van der Waals surface area contributed by atoms with Crippen molar-refractivity contribution in [1.82, 2.24) is 21.3 Å². The maximum absolute atomic E-state index is 13.2. The molecule has 1 aliphatic rings. The molecule has 9 heteroatoms. The quantitative estimate of drug-likeness (QED) is 0.285. The zero-order valence-corrected chi connectivity index (χ0v) is 20.4. The van der Waals surface area contributed by atoms with Gasteiger partial charge in [0.1, 0.15) is 18.1 Å². The lowest BCUT2D eigenvalue weighted by Gasteiger charge is -2.30. The number of amides is 3. The van der Waals surface area contributed by atoms with Crippen LogP contribution in [0.1, 0.15) is 73.6 Å². The summed E-state index contributed by atoms with van der Waals surface area (Å²) in [6, 6.07) is -3.00. The van der Waals surface area contributed by atoms with E-state index in [0.717, 1.165) is 19.4 Å². The van der Waals surface area contributed by atoms with E-state index in [0.29, 0.717) is 19.3 Å². The summed E-state index contributed by atoms with van der Waals surface area (Å²) < 4.78 is 0. The minimum atomic E-state index is -1.10. The molecule has 1 heterocycles. The highest BCUT2D eigenvalue weighted by Crippen LogP contribution is 2.14. The first-order valence-electron chi connectivity index (χ1n) is 11.9. The molecule has 1 fully saturated rings. The SMILES string of the molecule is CCC(C)C(NC(=O)C1CCCN1)C(=O)NC(C(=O)NC(CC(C)C)C(=O)O)C(C)CC. The van der Waals surface area contributed by atoms with Crippen molar-refractivity contribution in [3.63, 3.8) is 0 Å². The van der Waals surface area contributed by atoms with Gasteiger partial charge >= 0.3 is 5.97 Å². The Labute approximate surface area is 191 Å². The summed E-state index contributed by atoms with van der Waals surface area (Å²) in [6.07, 6.45) is 3.22. The summed E-state index contributed by atoms with van der Waals surface area (Å²) in [5.41, 5.74) is 0. The van der Waals surface area contributed by atoms with E-state index in [1.807, 2.05) is 41.5 Å². The largest absolute Gasteiger partial charge is 0.480 e. The van der Waals surface area contributed by atoms with E-state index in [1.54, 1.807) is 0 Å². The van der Waals surface area contributed by atoms with Crippen molar-refractivity contribution in [2.45, 2.75) is 97.8 Å². The number of carbonyl (C=O) groups excluding carboxylic acids is 3. The average Bonchev–Trinajstić information content (AvgIpc) is 3.28. The molecule has 0 aromatic heterocycles. The summed E-state index contributed by atoms with van der Waals surface area (Å²) >= 11 is 0. The second-order valence-corrected chi connectivity index (χ2v) is 9.42. The lowest BCUT2D eigenvalue weighted by Crippen LogP contribution is -2.60. The molecule has 0 radical (unpaired) electrons. The van der Waals surface area contributed by atoms with E-state index in [1.165, 1.54) is 0 Å². The van der Waals surface area contributed by atoms with Crippen molar-refractivity contribution in [1.29, 1.82) is 0 Å². The molecule has 184 valence electrons. The van der Waals surface area contributed by atoms with Crippen molar-refractivity contribution in [3.8, 4) is 0 Å². The van der Waals surface area contributed by atoms with Gasteiger partial charge < -0.3 is 26.4 Å². The van der Waals surface area contributed by atoms with Gasteiger partial charge in [-0.25, -0.2) is 4.79 Å². The fourth-order valence-corrected chi connectivity index (χ4v) is 3.76. The van der Waals surface area contributed by atoms with Gasteiger partial charge in [0.25, 0.3) is 0 Å². The normalized spacial score (nSPS) is 20.7. The number of rotatable bonds is 13. The number of carboxylic acid groups (broad SMARTS) is 1. The smallest absolute Gasteiger partial charge is 0.326 e. The van der Waals surface area contributed by atoms with Gasteiger partial charge in [-0.05, 0) is 43.6 Å². The van der Waals surface area contributed by atoms with Crippen LogP contribution in [-0.4, -0.2) is 59.5 Å². The van der Waals surface area contributed by atoms with Crippen LogP contribution < -0.4 is 21.3 Å². The van der Waals surface area contributed by atoms with E-state index in [2.05, 4.69) is 21.3 Å². The molecule has 1 rings (SSSR count). The Morgan fingerprint density at radius 3 is 1.88 bits per heavy atom. The van der Waals surface area contributed by atoms with Crippen LogP contribution in [0, 0.1) is 17.8 Å². The molecule has 0 spiro atoms. The Bertz CT molecular complexity index is 648. The summed E-state index contributed by atoms with van der Waals surface area (Å²) in [4.78, 5) is 50.4. The van der Waals surface area contributed by atoms with Crippen LogP contribution in [0.3, 0.4) is 0 Å². The maximum atomic E-state index is 13.2. The molecule has 6 atom stereocenters. The van der Waals surface area contributed by atoms with Crippen LogP contribution in [0.4, 0.5) is 0 Å². The molecule has 1 aliphatic heterocycles. The third-order valence-electron chi connectivity index (χ3n) is 6.28. The lowest BCUT2D eigenvalue weighted by molar-refractivity contribution is -0.143. The molecule has 32 heavy (non-hydrogen) atoms. The Morgan fingerprint density at radius 2 is 1.44 bits per heavy atom. The monoisotopic (exact) mass is 454 g/mol. The number of nitrogens with one attached hydrogen (secondary N) is 4. The molecule has 0 saturated carbocycles. The van der Waals surface area contributed by atoms with E-state index >= 15 is 0 Å². The molecule has 0 aromatic carbocycles. The molecular formula is C23H42N4O5. The van der Waals surface area contributed by atoms with Crippen molar-refractivity contribution >= 4 is 23.7 Å². The van der Waals surface area contributed by atoms with E-state index in [4.69, 9.17) is 0 Å². The highest BCUT2D eigenvalue weighted by atomic mass is 16.4. The Hall–Kier alpha value is -2.16. The van der Waals surface area contributed by atoms with Gasteiger partial charge in [-0.2, -0.15) is 0 Å². The van der Waals surface area contributed by atoms with E-state index in [9.17, 15) is 24.3 Å².